The first-order valence-electron chi connectivity index (χ1n) is 3.04. The van der Waals surface area contributed by atoms with Crippen molar-refractivity contribution in [2.24, 2.45) is 0 Å². The van der Waals surface area contributed by atoms with Crippen molar-refractivity contribution >= 4 is 29.4 Å². The lowest BCUT2D eigenvalue weighted by Crippen LogP contribution is -2.38. The topological polar surface area (TPSA) is 17.1 Å². The molecular formula is C6H13BrOSi. The van der Waals surface area contributed by atoms with Gasteiger partial charge in [0.05, 0.1) is 4.83 Å². The summed E-state index contributed by atoms with van der Waals surface area (Å²) >= 11 is 3.26. The summed E-state index contributed by atoms with van der Waals surface area (Å²) in [6.07, 6.45) is 0. The number of carbonyl (C=O) groups excluding carboxylic acids is 1. The van der Waals surface area contributed by atoms with Gasteiger partial charge < -0.3 is 4.79 Å². The largest absolute Gasteiger partial charge is 0.304 e. The Labute approximate surface area is 66.0 Å². The molecule has 0 saturated heterocycles. The highest BCUT2D eigenvalue weighted by Gasteiger charge is 2.26. The van der Waals surface area contributed by atoms with Gasteiger partial charge in [0.15, 0.2) is 0 Å². The van der Waals surface area contributed by atoms with E-state index in [0.717, 1.165) is 0 Å². The third-order valence-electron chi connectivity index (χ3n) is 1.10. The molecule has 3 heteroatoms. The van der Waals surface area contributed by atoms with Gasteiger partial charge in [-0.25, -0.2) is 0 Å². The van der Waals surface area contributed by atoms with Crippen molar-refractivity contribution in [2.75, 3.05) is 0 Å². The van der Waals surface area contributed by atoms with E-state index in [2.05, 4.69) is 35.6 Å². The molecule has 0 radical (unpaired) electrons. The van der Waals surface area contributed by atoms with Gasteiger partial charge in [0.1, 0.15) is 13.5 Å². The van der Waals surface area contributed by atoms with Gasteiger partial charge in [-0.05, 0) is 6.92 Å². The molecule has 0 amide bonds. The fourth-order valence-electron chi connectivity index (χ4n) is 0.597. The van der Waals surface area contributed by atoms with Crippen LogP contribution in [0, 0.1) is 0 Å². The molecule has 0 heterocycles. The maximum absolute atomic E-state index is 11.2. The van der Waals surface area contributed by atoms with Crippen LogP contribution >= 0.6 is 15.9 Å². The van der Waals surface area contributed by atoms with E-state index in [1.54, 1.807) is 0 Å². The van der Waals surface area contributed by atoms with E-state index >= 15 is 0 Å². The zero-order chi connectivity index (χ0) is 7.65. The number of halogens is 1. The van der Waals surface area contributed by atoms with Gasteiger partial charge in [0.25, 0.3) is 0 Å². The zero-order valence-electron chi connectivity index (χ0n) is 6.36. The molecule has 0 fully saturated rings. The average molecular weight is 209 g/mol. The summed E-state index contributed by atoms with van der Waals surface area (Å²) in [7, 11) is -1.51. The number of alkyl halides is 1. The van der Waals surface area contributed by atoms with Gasteiger partial charge >= 0.3 is 0 Å². The average Bonchev–Trinajstić information content (AvgIpc) is 1.62. The number of hydrogen-bond donors (Lipinski definition) is 0. The highest BCUT2D eigenvalue weighted by Crippen LogP contribution is 2.10. The van der Waals surface area contributed by atoms with Crippen LogP contribution in [-0.2, 0) is 4.79 Å². The Hall–Kier alpha value is 0.367. The van der Waals surface area contributed by atoms with Crippen molar-refractivity contribution < 1.29 is 4.79 Å². The molecular weight excluding hydrogens is 196 g/mol. The molecule has 0 aliphatic carbocycles. The van der Waals surface area contributed by atoms with Crippen molar-refractivity contribution in [1.82, 2.24) is 0 Å². The predicted molar refractivity (Wildman–Crippen MR) is 46.7 cm³/mol. The molecule has 0 aliphatic rings. The van der Waals surface area contributed by atoms with E-state index < -0.39 is 8.07 Å². The maximum Gasteiger partial charge on any atom is 0.125 e. The summed E-state index contributed by atoms with van der Waals surface area (Å²) in [4.78, 5) is 11.2. The molecule has 1 atom stereocenters. The SMILES string of the molecule is CC(Br)C(=O)[Si](C)(C)C. The predicted octanol–water partition coefficient (Wildman–Crippen LogP) is 2.22. The van der Waals surface area contributed by atoms with Crippen LogP contribution in [0.1, 0.15) is 6.92 Å². The highest BCUT2D eigenvalue weighted by molar-refractivity contribution is 9.10. The zero-order valence-corrected chi connectivity index (χ0v) is 8.95. The smallest absolute Gasteiger partial charge is 0.125 e. The second-order valence-corrected chi connectivity index (χ2v) is 9.60. The molecule has 0 bridgehead atoms. The Kier molecular flexibility index (Phi) is 3.09. The number of carbonyl (C=O) groups is 1. The van der Waals surface area contributed by atoms with Crippen LogP contribution in [0.4, 0.5) is 0 Å². The number of rotatable bonds is 2. The third kappa shape index (κ3) is 3.16. The summed E-state index contributed by atoms with van der Waals surface area (Å²) < 4.78 is 0. The molecule has 0 aromatic heterocycles. The van der Waals surface area contributed by atoms with Gasteiger partial charge in [-0.1, -0.05) is 35.6 Å². The van der Waals surface area contributed by atoms with Crippen molar-refractivity contribution in [1.29, 1.82) is 0 Å². The summed E-state index contributed by atoms with van der Waals surface area (Å²) in [6.45, 7) is 8.08. The van der Waals surface area contributed by atoms with Crippen LogP contribution in [0.25, 0.3) is 0 Å². The monoisotopic (exact) mass is 208 g/mol. The Bertz CT molecular complexity index is 115. The molecule has 0 aliphatic heterocycles. The molecule has 54 valence electrons. The van der Waals surface area contributed by atoms with E-state index in [1.165, 1.54) is 0 Å². The lowest BCUT2D eigenvalue weighted by atomic mass is 10.5. The Balaban J connectivity index is 4.06. The van der Waals surface area contributed by atoms with Crippen LogP contribution in [0.5, 0.6) is 0 Å². The summed E-state index contributed by atoms with van der Waals surface area (Å²) in [5.41, 5.74) is 0. The summed E-state index contributed by atoms with van der Waals surface area (Å²) in [6, 6.07) is 0. The molecule has 9 heavy (non-hydrogen) atoms. The lowest BCUT2D eigenvalue weighted by molar-refractivity contribution is -0.111. The first kappa shape index (κ1) is 9.37. The third-order valence-corrected chi connectivity index (χ3v) is 3.85. The van der Waals surface area contributed by atoms with Crippen molar-refractivity contribution in [3.63, 3.8) is 0 Å². The molecule has 1 unspecified atom stereocenters. The van der Waals surface area contributed by atoms with E-state index in [9.17, 15) is 4.79 Å². The summed E-state index contributed by atoms with van der Waals surface area (Å²) in [5, 5.41) is 0.391. The van der Waals surface area contributed by atoms with E-state index in [-0.39, 0.29) is 4.83 Å². The minimum absolute atomic E-state index is 0.0455. The highest BCUT2D eigenvalue weighted by atomic mass is 79.9. The molecule has 0 spiro atoms. The van der Waals surface area contributed by atoms with Gasteiger partial charge in [-0.2, -0.15) is 0 Å². The van der Waals surface area contributed by atoms with Crippen molar-refractivity contribution in [3.8, 4) is 0 Å². The Morgan fingerprint density at radius 1 is 1.44 bits per heavy atom. The minimum atomic E-state index is -1.51. The van der Waals surface area contributed by atoms with Crippen LogP contribution in [0.15, 0.2) is 0 Å². The summed E-state index contributed by atoms with van der Waals surface area (Å²) in [5.74, 6) is 0. The Morgan fingerprint density at radius 3 is 1.78 bits per heavy atom. The second-order valence-electron chi connectivity index (χ2n) is 3.23. The first-order chi connectivity index (χ1) is 3.85. The van der Waals surface area contributed by atoms with Crippen LogP contribution in [-0.4, -0.2) is 18.3 Å². The fourth-order valence-corrected chi connectivity index (χ4v) is 3.85. The molecule has 0 aromatic rings. The van der Waals surface area contributed by atoms with Gasteiger partial charge in [0, 0.05) is 0 Å². The normalized spacial score (nSPS) is 15.2. The molecule has 0 N–H and O–H groups in total. The molecule has 0 saturated carbocycles. The van der Waals surface area contributed by atoms with E-state index in [4.69, 9.17) is 0 Å². The van der Waals surface area contributed by atoms with Crippen LogP contribution < -0.4 is 0 Å². The van der Waals surface area contributed by atoms with Gasteiger partial charge in [-0.15, -0.1) is 0 Å². The van der Waals surface area contributed by atoms with Gasteiger partial charge in [0.2, 0.25) is 0 Å². The van der Waals surface area contributed by atoms with E-state index in [0.29, 0.717) is 5.41 Å². The molecule has 0 rings (SSSR count). The van der Waals surface area contributed by atoms with Crippen molar-refractivity contribution in [2.45, 2.75) is 31.4 Å². The minimum Gasteiger partial charge on any atom is -0.304 e. The second kappa shape index (κ2) is 2.97. The van der Waals surface area contributed by atoms with Crippen molar-refractivity contribution in [3.05, 3.63) is 0 Å². The van der Waals surface area contributed by atoms with Crippen LogP contribution in [0.3, 0.4) is 0 Å². The van der Waals surface area contributed by atoms with Gasteiger partial charge in [-0.3, -0.25) is 0 Å². The van der Waals surface area contributed by atoms with E-state index in [1.807, 2.05) is 6.92 Å². The standard InChI is InChI=1S/C6H13BrOSi/c1-5(7)6(8)9(2,3)4/h5H,1-4H3. The lowest BCUT2D eigenvalue weighted by Gasteiger charge is -2.15. The first-order valence-corrected chi connectivity index (χ1v) is 7.45. The maximum atomic E-state index is 11.2. The fraction of sp³-hybridized carbons (Fsp3) is 0.833. The molecule has 1 nitrogen and oxygen atoms in total. The quantitative estimate of drug-likeness (QED) is 0.503. The Morgan fingerprint density at radius 2 is 1.78 bits per heavy atom. The van der Waals surface area contributed by atoms with Crippen LogP contribution in [0.2, 0.25) is 19.6 Å². The molecule has 0 aromatic carbocycles. The number of hydrogen-bond acceptors (Lipinski definition) is 1.